The second kappa shape index (κ2) is 3.34. The minimum Gasteiger partial charge on any atom is -0.502 e. The molecule has 0 aliphatic heterocycles. The zero-order chi connectivity index (χ0) is 9.14. The van der Waals surface area contributed by atoms with Crippen LogP contribution in [0, 0.1) is 6.92 Å². The molecular weight excluding hydrogens is 156 g/mol. The Labute approximate surface area is 71.5 Å². The molecule has 3 nitrogen and oxygen atoms in total. The topological polar surface area (TPSA) is 38.7 Å². The highest BCUT2D eigenvalue weighted by Gasteiger charge is 2.08. The lowest BCUT2D eigenvalue weighted by Crippen LogP contribution is -1.89. The molecule has 1 aromatic carbocycles. The van der Waals surface area contributed by atoms with Crippen LogP contribution in [0.5, 0.6) is 17.2 Å². The van der Waals surface area contributed by atoms with E-state index in [0.29, 0.717) is 11.5 Å². The normalized spacial score (nSPS) is 9.58. The Bertz CT molecular complexity index is 256. The van der Waals surface area contributed by atoms with Crippen molar-refractivity contribution in [3.8, 4) is 17.2 Å². The molecule has 0 aromatic heterocycles. The van der Waals surface area contributed by atoms with E-state index in [1.54, 1.807) is 12.1 Å². The first kappa shape index (κ1) is 8.71. The maximum atomic E-state index is 9.44. The van der Waals surface area contributed by atoms with Crippen molar-refractivity contribution in [2.75, 3.05) is 14.2 Å². The molecule has 65 valence electrons. The Balaban J connectivity index is 3.22. The number of methoxy groups -OCH3 is 2. The van der Waals surface area contributed by atoms with Crippen molar-refractivity contribution in [2.45, 2.75) is 0 Å². The van der Waals surface area contributed by atoms with E-state index in [1.165, 1.54) is 14.2 Å². The minimum absolute atomic E-state index is 0.00685. The summed E-state index contributed by atoms with van der Waals surface area (Å²) in [7, 11) is 2.96. The molecule has 3 heteroatoms. The van der Waals surface area contributed by atoms with Crippen molar-refractivity contribution in [3.63, 3.8) is 0 Å². The monoisotopic (exact) mass is 167 g/mol. The van der Waals surface area contributed by atoms with E-state index in [4.69, 9.17) is 9.47 Å². The number of ether oxygens (including phenoxy) is 2. The highest BCUT2D eigenvalue weighted by molar-refractivity contribution is 5.53. The molecular formula is C9H11O3. The molecule has 0 atom stereocenters. The van der Waals surface area contributed by atoms with Gasteiger partial charge in [-0.2, -0.15) is 0 Å². The van der Waals surface area contributed by atoms with Gasteiger partial charge in [0, 0.05) is 0 Å². The van der Waals surface area contributed by atoms with Gasteiger partial charge in [0.2, 0.25) is 5.75 Å². The van der Waals surface area contributed by atoms with Gasteiger partial charge in [0.15, 0.2) is 11.5 Å². The summed E-state index contributed by atoms with van der Waals surface area (Å²) in [6.07, 6.45) is 0. The maximum Gasteiger partial charge on any atom is 0.200 e. The van der Waals surface area contributed by atoms with Gasteiger partial charge < -0.3 is 14.6 Å². The number of rotatable bonds is 2. The number of phenolic OH excluding ortho intramolecular Hbond substituents is 1. The Morgan fingerprint density at radius 2 is 1.58 bits per heavy atom. The third-order valence-electron chi connectivity index (χ3n) is 1.54. The molecule has 1 radical (unpaired) electrons. The van der Waals surface area contributed by atoms with Crippen molar-refractivity contribution in [3.05, 3.63) is 24.6 Å². The molecule has 1 aromatic rings. The van der Waals surface area contributed by atoms with Crippen molar-refractivity contribution in [1.82, 2.24) is 0 Å². The fourth-order valence-corrected chi connectivity index (χ4v) is 0.948. The molecule has 12 heavy (non-hydrogen) atoms. The van der Waals surface area contributed by atoms with Gasteiger partial charge in [0.25, 0.3) is 0 Å². The van der Waals surface area contributed by atoms with E-state index in [0.717, 1.165) is 5.56 Å². The predicted octanol–water partition coefficient (Wildman–Crippen LogP) is 1.59. The van der Waals surface area contributed by atoms with Crippen LogP contribution in [0.25, 0.3) is 0 Å². The summed E-state index contributed by atoms with van der Waals surface area (Å²) < 4.78 is 9.80. The van der Waals surface area contributed by atoms with Crippen molar-refractivity contribution < 1.29 is 14.6 Å². The number of aromatic hydroxyl groups is 1. The van der Waals surface area contributed by atoms with Crippen molar-refractivity contribution in [1.29, 1.82) is 0 Å². The Hall–Kier alpha value is -1.38. The summed E-state index contributed by atoms with van der Waals surface area (Å²) in [5, 5.41) is 9.44. The highest BCUT2D eigenvalue weighted by atomic mass is 16.5. The molecule has 0 aliphatic carbocycles. The van der Waals surface area contributed by atoms with Crippen LogP contribution in [-0.2, 0) is 0 Å². The van der Waals surface area contributed by atoms with Crippen LogP contribution >= 0.6 is 0 Å². The van der Waals surface area contributed by atoms with E-state index in [2.05, 4.69) is 6.92 Å². The van der Waals surface area contributed by atoms with Gasteiger partial charge in [-0.3, -0.25) is 0 Å². The van der Waals surface area contributed by atoms with E-state index in [-0.39, 0.29) is 5.75 Å². The largest absolute Gasteiger partial charge is 0.502 e. The lowest BCUT2D eigenvalue weighted by Gasteiger charge is -2.08. The molecule has 0 heterocycles. The van der Waals surface area contributed by atoms with E-state index < -0.39 is 0 Å². The summed E-state index contributed by atoms with van der Waals surface area (Å²) in [6.45, 7) is 3.71. The Kier molecular flexibility index (Phi) is 2.43. The second-order valence-electron chi connectivity index (χ2n) is 2.35. The van der Waals surface area contributed by atoms with Crippen LogP contribution in [-0.4, -0.2) is 19.3 Å². The van der Waals surface area contributed by atoms with E-state index in [1.807, 2.05) is 0 Å². The molecule has 0 saturated heterocycles. The molecule has 0 amide bonds. The van der Waals surface area contributed by atoms with E-state index >= 15 is 0 Å². The van der Waals surface area contributed by atoms with Crippen LogP contribution in [0.2, 0.25) is 0 Å². The van der Waals surface area contributed by atoms with Gasteiger partial charge in [-0.05, 0) is 24.6 Å². The fraction of sp³-hybridized carbons (Fsp3) is 0.222. The Morgan fingerprint density at radius 3 is 1.92 bits per heavy atom. The molecule has 0 spiro atoms. The average molecular weight is 167 g/mol. The summed E-state index contributed by atoms with van der Waals surface area (Å²) in [5.74, 6) is 0.756. The van der Waals surface area contributed by atoms with Crippen LogP contribution in [0.4, 0.5) is 0 Å². The number of benzene rings is 1. The molecule has 0 aliphatic rings. The third kappa shape index (κ3) is 1.44. The predicted molar refractivity (Wildman–Crippen MR) is 45.7 cm³/mol. The first-order valence-corrected chi connectivity index (χ1v) is 3.46. The van der Waals surface area contributed by atoms with Gasteiger partial charge in [-0.1, -0.05) is 0 Å². The average Bonchev–Trinajstić information content (AvgIpc) is 2.08. The van der Waals surface area contributed by atoms with Gasteiger partial charge in [-0.15, -0.1) is 0 Å². The molecule has 1 N–H and O–H groups in total. The van der Waals surface area contributed by atoms with Gasteiger partial charge in [0.1, 0.15) is 0 Å². The number of hydrogen-bond acceptors (Lipinski definition) is 3. The zero-order valence-electron chi connectivity index (χ0n) is 7.13. The van der Waals surface area contributed by atoms with Crippen molar-refractivity contribution in [2.24, 2.45) is 0 Å². The first-order valence-electron chi connectivity index (χ1n) is 3.46. The minimum atomic E-state index is 0.00685. The smallest absolute Gasteiger partial charge is 0.200 e. The summed E-state index contributed by atoms with van der Waals surface area (Å²) in [5.41, 5.74) is 0.738. The lowest BCUT2D eigenvalue weighted by molar-refractivity contribution is 0.339. The SMILES string of the molecule is [CH2]c1cc(OC)c(O)c(OC)c1. The van der Waals surface area contributed by atoms with Gasteiger partial charge in [-0.25, -0.2) is 0 Å². The zero-order valence-corrected chi connectivity index (χ0v) is 7.13. The molecule has 0 unspecified atom stereocenters. The summed E-state index contributed by atoms with van der Waals surface area (Å²) >= 11 is 0. The van der Waals surface area contributed by atoms with E-state index in [9.17, 15) is 5.11 Å². The van der Waals surface area contributed by atoms with Gasteiger partial charge in [0.05, 0.1) is 14.2 Å². The first-order chi connectivity index (χ1) is 5.69. The second-order valence-corrected chi connectivity index (χ2v) is 2.35. The molecule has 0 bridgehead atoms. The van der Waals surface area contributed by atoms with Crippen LogP contribution in [0.1, 0.15) is 5.56 Å². The Morgan fingerprint density at radius 1 is 1.17 bits per heavy atom. The summed E-state index contributed by atoms with van der Waals surface area (Å²) in [4.78, 5) is 0. The third-order valence-corrected chi connectivity index (χ3v) is 1.54. The quantitative estimate of drug-likeness (QED) is 0.727. The van der Waals surface area contributed by atoms with Crippen LogP contribution in [0.3, 0.4) is 0 Å². The number of hydrogen-bond donors (Lipinski definition) is 1. The highest BCUT2D eigenvalue weighted by Crippen LogP contribution is 2.36. The fourth-order valence-electron chi connectivity index (χ4n) is 0.948. The molecule has 1 rings (SSSR count). The molecule has 0 saturated carbocycles. The van der Waals surface area contributed by atoms with Crippen LogP contribution in [0.15, 0.2) is 12.1 Å². The lowest BCUT2D eigenvalue weighted by atomic mass is 10.2. The van der Waals surface area contributed by atoms with Crippen LogP contribution < -0.4 is 9.47 Å². The maximum absolute atomic E-state index is 9.44. The molecule has 0 fully saturated rings. The van der Waals surface area contributed by atoms with Crippen molar-refractivity contribution >= 4 is 0 Å². The standard InChI is InChI=1S/C9H11O3/c1-6-4-7(11-2)9(10)8(5-6)12-3/h4-5,10H,1H2,2-3H3. The summed E-state index contributed by atoms with van der Waals surface area (Å²) in [6, 6.07) is 3.27. The van der Waals surface area contributed by atoms with Gasteiger partial charge >= 0.3 is 0 Å². The number of phenols is 1.